The minimum atomic E-state index is 0.271. The second-order valence-corrected chi connectivity index (χ2v) is 5.32. The van der Waals surface area contributed by atoms with Crippen LogP contribution in [-0.4, -0.2) is 18.3 Å². The van der Waals surface area contributed by atoms with Crippen molar-refractivity contribution in [1.29, 1.82) is 0 Å². The van der Waals surface area contributed by atoms with Gasteiger partial charge in [0.2, 0.25) is 0 Å². The maximum atomic E-state index is 2.45. The van der Waals surface area contributed by atoms with Crippen molar-refractivity contribution in [2.45, 2.75) is 4.17 Å². The molecule has 0 aliphatic rings. The van der Waals surface area contributed by atoms with Crippen LogP contribution in [0.5, 0.6) is 0 Å². The van der Waals surface area contributed by atoms with Gasteiger partial charge in [-0.05, 0) is 46.9 Å². The van der Waals surface area contributed by atoms with Crippen molar-refractivity contribution in [1.82, 2.24) is 0 Å². The summed E-state index contributed by atoms with van der Waals surface area (Å²) in [7, 11) is 4.23. The highest BCUT2D eigenvalue weighted by Crippen LogP contribution is 2.24. The Labute approximate surface area is 122 Å². The summed E-state index contributed by atoms with van der Waals surface area (Å²) in [6, 6.07) is 20.9. The summed E-state index contributed by atoms with van der Waals surface area (Å²) in [6.07, 6.45) is 0. The molecule has 0 radical (unpaired) electrons. The first-order valence-corrected chi connectivity index (χ1v) is 7.14. The van der Waals surface area contributed by atoms with Crippen molar-refractivity contribution in [3.8, 4) is 0 Å². The van der Waals surface area contributed by atoms with Gasteiger partial charge in [-0.3, -0.25) is 0 Å². The van der Waals surface area contributed by atoms with Gasteiger partial charge in [0.15, 0.2) is 4.17 Å². The molecular weight excluding hydrogens is 335 g/mol. The Bertz CT molecular complexity index is 427. The summed E-state index contributed by atoms with van der Waals surface area (Å²) in [6.45, 7) is 0. The maximum absolute atomic E-state index is 2.45. The first-order chi connectivity index (χ1) is 8.70. The fraction of sp³-hybridized carbons (Fsp3) is 0.200. The Morgan fingerprint density at radius 3 is 1.39 bits per heavy atom. The highest BCUT2D eigenvalue weighted by atomic mass is 127. The van der Waals surface area contributed by atoms with Crippen LogP contribution < -0.4 is 9.80 Å². The van der Waals surface area contributed by atoms with Crippen molar-refractivity contribution >= 4 is 34.0 Å². The number of anilines is 2. The molecule has 0 spiro atoms. The molecule has 0 aliphatic carbocycles. The first kappa shape index (κ1) is 13.2. The third-order valence-corrected chi connectivity index (χ3v) is 4.64. The van der Waals surface area contributed by atoms with Crippen LogP contribution in [0.2, 0.25) is 0 Å². The lowest BCUT2D eigenvalue weighted by molar-refractivity contribution is 0.828. The SMILES string of the molecule is CN(c1ccccc1)C(I)N(C)c1ccccc1. The van der Waals surface area contributed by atoms with Crippen LogP contribution in [-0.2, 0) is 0 Å². The smallest absolute Gasteiger partial charge is 0.154 e. The van der Waals surface area contributed by atoms with Crippen LogP contribution in [0.15, 0.2) is 60.7 Å². The third-order valence-electron chi connectivity index (χ3n) is 2.97. The molecule has 0 saturated carbocycles. The van der Waals surface area contributed by atoms with Gasteiger partial charge in [0.25, 0.3) is 0 Å². The highest BCUT2D eigenvalue weighted by molar-refractivity contribution is 14.1. The molecule has 0 atom stereocenters. The quantitative estimate of drug-likeness (QED) is 0.356. The normalized spacial score (nSPS) is 10.4. The number of halogens is 1. The zero-order valence-corrected chi connectivity index (χ0v) is 12.8. The Balaban J connectivity index is 2.14. The standard InChI is InChI=1S/C15H17IN2/c1-17(13-9-5-3-6-10-13)15(16)18(2)14-11-7-4-8-12-14/h3-12,15H,1-2H3. The van der Waals surface area contributed by atoms with Crippen LogP contribution in [0.3, 0.4) is 0 Å². The van der Waals surface area contributed by atoms with Gasteiger partial charge in [-0.25, -0.2) is 0 Å². The molecule has 18 heavy (non-hydrogen) atoms. The summed E-state index contributed by atoms with van der Waals surface area (Å²) in [4.78, 5) is 4.51. The maximum Gasteiger partial charge on any atom is 0.154 e. The minimum absolute atomic E-state index is 0.271. The lowest BCUT2D eigenvalue weighted by atomic mass is 10.3. The van der Waals surface area contributed by atoms with Gasteiger partial charge in [0.05, 0.1) is 0 Å². The molecule has 2 aromatic carbocycles. The molecule has 0 aliphatic heterocycles. The number of para-hydroxylation sites is 2. The van der Waals surface area contributed by atoms with E-state index >= 15 is 0 Å². The van der Waals surface area contributed by atoms with E-state index in [2.05, 4.69) is 95.0 Å². The Morgan fingerprint density at radius 2 is 1.06 bits per heavy atom. The molecule has 94 valence electrons. The lowest BCUT2D eigenvalue weighted by Crippen LogP contribution is -2.40. The van der Waals surface area contributed by atoms with E-state index in [1.807, 2.05) is 12.1 Å². The molecule has 0 saturated heterocycles. The Kier molecular flexibility index (Phi) is 4.47. The zero-order valence-electron chi connectivity index (χ0n) is 10.6. The summed E-state index contributed by atoms with van der Waals surface area (Å²) in [5.74, 6) is 0. The number of hydrogen-bond acceptors (Lipinski definition) is 2. The van der Waals surface area contributed by atoms with E-state index in [1.165, 1.54) is 11.4 Å². The molecule has 0 N–H and O–H groups in total. The summed E-state index contributed by atoms with van der Waals surface area (Å²) in [5, 5.41) is 0. The Hall–Kier alpha value is -1.23. The van der Waals surface area contributed by atoms with E-state index in [4.69, 9.17) is 0 Å². The minimum Gasteiger partial charge on any atom is -0.346 e. The molecule has 0 amide bonds. The van der Waals surface area contributed by atoms with Crippen molar-refractivity contribution in [3.63, 3.8) is 0 Å². The van der Waals surface area contributed by atoms with E-state index in [0.717, 1.165) is 0 Å². The molecule has 2 aromatic rings. The number of alkyl halides is 1. The van der Waals surface area contributed by atoms with Crippen molar-refractivity contribution in [2.24, 2.45) is 0 Å². The number of nitrogens with zero attached hydrogens (tertiary/aromatic N) is 2. The van der Waals surface area contributed by atoms with Crippen molar-refractivity contribution in [2.75, 3.05) is 23.9 Å². The molecule has 0 heterocycles. The van der Waals surface area contributed by atoms with Crippen LogP contribution in [0.25, 0.3) is 0 Å². The van der Waals surface area contributed by atoms with Gasteiger partial charge in [0, 0.05) is 25.5 Å². The fourth-order valence-electron chi connectivity index (χ4n) is 1.83. The molecular formula is C15H17IN2. The predicted octanol–water partition coefficient (Wildman–Crippen LogP) is 3.98. The van der Waals surface area contributed by atoms with Crippen LogP contribution in [0.4, 0.5) is 11.4 Å². The monoisotopic (exact) mass is 352 g/mol. The zero-order chi connectivity index (χ0) is 13.0. The average molecular weight is 352 g/mol. The molecule has 0 aromatic heterocycles. The highest BCUT2D eigenvalue weighted by Gasteiger charge is 2.16. The predicted molar refractivity (Wildman–Crippen MR) is 87.5 cm³/mol. The largest absolute Gasteiger partial charge is 0.346 e. The average Bonchev–Trinajstić information content (AvgIpc) is 2.47. The van der Waals surface area contributed by atoms with Gasteiger partial charge in [0.1, 0.15) is 0 Å². The second kappa shape index (κ2) is 6.09. The first-order valence-electron chi connectivity index (χ1n) is 5.90. The van der Waals surface area contributed by atoms with Gasteiger partial charge < -0.3 is 9.80 Å². The van der Waals surface area contributed by atoms with Gasteiger partial charge in [-0.15, -0.1) is 0 Å². The second-order valence-electron chi connectivity index (χ2n) is 4.20. The molecule has 0 fully saturated rings. The van der Waals surface area contributed by atoms with Crippen molar-refractivity contribution in [3.05, 3.63) is 60.7 Å². The van der Waals surface area contributed by atoms with Gasteiger partial charge in [-0.1, -0.05) is 36.4 Å². The third kappa shape index (κ3) is 2.96. The molecule has 3 heteroatoms. The molecule has 0 unspecified atom stereocenters. The summed E-state index contributed by atoms with van der Waals surface area (Å²) >= 11 is 2.45. The lowest BCUT2D eigenvalue weighted by Gasteiger charge is -2.34. The van der Waals surface area contributed by atoms with Crippen LogP contribution in [0.1, 0.15) is 0 Å². The topological polar surface area (TPSA) is 6.48 Å². The van der Waals surface area contributed by atoms with Crippen molar-refractivity contribution < 1.29 is 0 Å². The number of hydrogen-bond donors (Lipinski definition) is 0. The molecule has 2 nitrogen and oxygen atoms in total. The van der Waals surface area contributed by atoms with Gasteiger partial charge in [-0.2, -0.15) is 0 Å². The van der Waals surface area contributed by atoms with E-state index in [0.29, 0.717) is 0 Å². The number of benzene rings is 2. The molecule has 0 bridgehead atoms. The fourth-order valence-corrected chi connectivity index (χ4v) is 2.48. The summed E-state index contributed by atoms with van der Waals surface area (Å²) < 4.78 is 0.271. The van der Waals surface area contributed by atoms with E-state index in [9.17, 15) is 0 Å². The number of rotatable bonds is 4. The van der Waals surface area contributed by atoms with Crippen LogP contribution in [0, 0.1) is 0 Å². The Morgan fingerprint density at radius 1 is 0.722 bits per heavy atom. The van der Waals surface area contributed by atoms with E-state index in [-0.39, 0.29) is 4.17 Å². The summed E-state index contributed by atoms with van der Waals surface area (Å²) in [5.41, 5.74) is 2.44. The van der Waals surface area contributed by atoms with E-state index < -0.39 is 0 Å². The molecule has 2 rings (SSSR count). The van der Waals surface area contributed by atoms with E-state index in [1.54, 1.807) is 0 Å². The van der Waals surface area contributed by atoms with Gasteiger partial charge >= 0.3 is 0 Å². The van der Waals surface area contributed by atoms with Crippen LogP contribution >= 0.6 is 22.6 Å².